The Bertz CT molecular complexity index is 585. The van der Waals surface area contributed by atoms with Gasteiger partial charge in [0.1, 0.15) is 0 Å². The van der Waals surface area contributed by atoms with Gasteiger partial charge in [0.25, 0.3) is 0 Å². The molecule has 2 unspecified atom stereocenters. The molecule has 0 spiro atoms. The van der Waals surface area contributed by atoms with Crippen LogP contribution < -0.4 is 5.32 Å². The van der Waals surface area contributed by atoms with Gasteiger partial charge < -0.3 is 19.7 Å². The molecule has 5 nitrogen and oxygen atoms in total. The summed E-state index contributed by atoms with van der Waals surface area (Å²) in [5.41, 5.74) is 0. The zero-order valence-electron chi connectivity index (χ0n) is 17.6. The highest BCUT2D eigenvalue weighted by Crippen LogP contribution is 2.25. The van der Waals surface area contributed by atoms with Gasteiger partial charge in [-0.3, -0.25) is 4.99 Å². The first-order valence-electron chi connectivity index (χ1n) is 10.8. The van der Waals surface area contributed by atoms with Crippen molar-refractivity contribution >= 4 is 41.7 Å². The SMILES string of the molecule is CCNC(=NCCCOCC1CCCO1)N1CCC(CSc2ccccc2)C1.I. The summed E-state index contributed by atoms with van der Waals surface area (Å²) >= 11 is 1.97. The van der Waals surface area contributed by atoms with Crippen LogP contribution in [0.2, 0.25) is 0 Å². The van der Waals surface area contributed by atoms with Crippen molar-refractivity contribution in [1.29, 1.82) is 0 Å². The molecule has 1 aromatic rings. The van der Waals surface area contributed by atoms with Crippen LogP contribution in [0.5, 0.6) is 0 Å². The monoisotopic (exact) mass is 533 g/mol. The number of hydrogen-bond acceptors (Lipinski definition) is 4. The highest BCUT2D eigenvalue weighted by atomic mass is 127. The molecule has 2 atom stereocenters. The molecule has 0 aliphatic carbocycles. The predicted octanol–water partition coefficient (Wildman–Crippen LogP) is 4.27. The van der Waals surface area contributed by atoms with Gasteiger partial charge in [0.15, 0.2) is 5.96 Å². The van der Waals surface area contributed by atoms with Gasteiger partial charge in [-0.1, -0.05) is 18.2 Å². The van der Waals surface area contributed by atoms with E-state index in [1.165, 1.54) is 23.5 Å². The van der Waals surface area contributed by atoms with Crippen LogP contribution in [0.15, 0.2) is 40.2 Å². The Morgan fingerprint density at radius 1 is 1.31 bits per heavy atom. The summed E-state index contributed by atoms with van der Waals surface area (Å²) in [4.78, 5) is 8.62. The lowest BCUT2D eigenvalue weighted by atomic mass is 10.2. The average Bonchev–Trinajstić information content (AvgIpc) is 3.41. The molecule has 0 bridgehead atoms. The zero-order valence-corrected chi connectivity index (χ0v) is 20.7. The molecule has 2 aliphatic rings. The molecule has 164 valence electrons. The van der Waals surface area contributed by atoms with Gasteiger partial charge in [0, 0.05) is 50.0 Å². The fraction of sp³-hybridized carbons (Fsp3) is 0.682. The van der Waals surface area contributed by atoms with Crippen molar-refractivity contribution < 1.29 is 9.47 Å². The lowest BCUT2D eigenvalue weighted by Gasteiger charge is -2.21. The minimum Gasteiger partial charge on any atom is -0.379 e. The first-order valence-corrected chi connectivity index (χ1v) is 11.7. The van der Waals surface area contributed by atoms with Crippen molar-refractivity contribution in [1.82, 2.24) is 10.2 Å². The second-order valence-corrected chi connectivity index (χ2v) is 8.62. The van der Waals surface area contributed by atoms with E-state index >= 15 is 0 Å². The standard InChI is InChI=1S/C22H35N3O2S.HI/c1-2-23-22(24-12-7-14-26-17-20-8-6-15-27-20)25-13-11-19(16-25)18-28-21-9-4-3-5-10-21;/h3-5,9-10,19-20H,2,6-8,11-18H2,1H3,(H,23,24);1H. The molecule has 0 amide bonds. The highest BCUT2D eigenvalue weighted by Gasteiger charge is 2.24. The Balaban J connectivity index is 0.00000300. The first-order chi connectivity index (χ1) is 13.8. The van der Waals surface area contributed by atoms with E-state index in [9.17, 15) is 0 Å². The van der Waals surface area contributed by atoms with E-state index in [2.05, 4.69) is 47.5 Å². The van der Waals surface area contributed by atoms with Crippen LogP contribution >= 0.6 is 35.7 Å². The summed E-state index contributed by atoms with van der Waals surface area (Å²) in [5.74, 6) is 2.97. The zero-order chi connectivity index (χ0) is 19.4. The minimum atomic E-state index is 0. The van der Waals surface area contributed by atoms with Gasteiger partial charge >= 0.3 is 0 Å². The van der Waals surface area contributed by atoms with E-state index in [0.29, 0.717) is 6.10 Å². The number of aliphatic imine (C=N–C) groups is 1. The van der Waals surface area contributed by atoms with E-state index < -0.39 is 0 Å². The van der Waals surface area contributed by atoms with E-state index in [1.807, 2.05) is 11.8 Å². The molecule has 2 fully saturated rings. The molecule has 0 saturated carbocycles. The normalized spacial score (nSPS) is 22.0. The minimum absolute atomic E-state index is 0. The van der Waals surface area contributed by atoms with Crippen molar-refractivity contribution in [2.75, 3.05) is 51.8 Å². The molecule has 2 saturated heterocycles. The maximum Gasteiger partial charge on any atom is 0.193 e. The maximum absolute atomic E-state index is 5.74. The van der Waals surface area contributed by atoms with E-state index in [0.717, 1.165) is 70.7 Å². The summed E-state index contributed by atoms with van der Waals surface area (Å²) < 4.78 is 11.3. The van der Waals surface area contributed by atoms with Gasteiger partial charge in [-0.15, -0.1) is 35.7 Å². The molecule has 2 heterocycles. The largest absolute Gasteiger partial charge is 0.379 e. The predicted molar refractivity (Wildman–Crippen MR) is 133 cm³/mol. The molecule has 2 aliphatic heterocycles. The van der Waals surface area contributed by atoms with Crippen molar-refractivity contribution in [3.05, 3.63) is 30.3 Å². The Morgan fingerprint density at radius 2 is 2.17 bits per heavy atom. The number of benzene rings is 1. The van der Waals surface area contributed by atoms with Crippen LogP contribution in [-0.4, -0.2) is 68.7 Å². The van der Waals surface area contributed by atoms with Crippen molar-refractivity contribution in [3.8, 4) is 0 Å². The van der Waals surface area contributed by atoms with Crippen LogP contribution in [0.3, 0.4) is 0 Å². The van der Waals surface area contributed by atoms with Crippen LogP contribution in [0.25, 0.3) is 0 Å². The lowest BCUT2D eigenvalue weighted by molar-refractivity contribution is 0.0170. The van der Waals surface area contributed by atoms with Crippen LogP contribution in [0.1, 0.15) is 32.6 Å². The number of nitrogens with zero attached hydrogens (tertiary/aromatic N) is 2. The molecule has 3 rings (SSSR count). The van der Waals surface area contributed by atoms with Gasteiger partial charge in [0.05, 0.1) is 12.7 Å². The van der Waals surface area contributed by atoms with Gasteiger partial charge in [-0.05, 0) is 50.7 Å². The topological polar surface area (TPSA) is 46.1 Å². The number of guanidine groups is 1. The number of nitrogens with one attached hydrogen (secondary N) is 1. The Labute approximate surface area is 197 Å². The third-order valence-electron chi connectivity index (χ3n) is 5.19. The van der Waals surface area contributed by atoms with Crippen LogP contribution in [0.4, 0.5) is 0 Å². The Hall–Kier alpha value is -0.510. The number of ether oxygens (including phenoxy) is 2. The van der Waals surface area contributed by atoms with Crippen molar-refractivity contribution in [3.63, 3.8) is 0 Å². The number of thioether (sulfide) groups is 1. The van der Waals surface area contributed by atoms with Crippen molar-refractivity contribution in [2.45, 2.75) is 43.6 Å². The quantitative estimate of drug-likeness (QED) is 0.160. The summed E-state index contributed by atoms with van der Waals surface area (Å²) in [6.45, 7) is 8.45. The lowest BCUT2D eigenvalue weighted by Crippen LogP contribution is -2.40. The van der Waals surface area contributed by atoms with E-state index in [-0.39, 0.29) is 24.0 Å². The molecular weight excluding hydrogens is 497 g/mol. The van der Waals surface area contributed by atoms with E-state index in [1.54, 1.807) is 0 Å². The van der Waals surface area contributed by atoms with E-state index in [4.69, 9.17) is 14.5 Å². The number of hydrogen-bond donors (Lipinski definition) is 1. The second-order valence-electron chi connectivity index (χ2n) is 7.52. The third-order valence-corrected chi connectivity index (χ3v) is 6.43. The summed E-state index contributed by atoms with van der Waals surface area (Å²) in [6, 6.07) is 10.7. The highest BCUT2D eigenvalue weighted by molar-refractivity contribution is 14.0. The average molecular weight is 534 g/mol. The maximum atomic E-state index is 5.74. The number of halogens is 1. The smallest absolute Gasteiger partial charge is 0.193 e. The van der Waals surface area contributed by atoms with Gasteiger partial charge in [-0.25, -0.2) is 0 Å². The fourth-order valence-electron chi connectivity index (χ4n) is 3.66. The summed E-state index contributed by atoms with van der Waals surface area (Å²) in [5, 5.41) is 3.46. The summed E-state index contributed by atoms with van der Waals surface area (Å²) in [6.07, 6.45) is 4.83. The van der Waals surface area contributed by atoms with Crippen LogP contribution in [-0.2, 0) is 9.47 Å². The molecule has 0 aromatic heterocycles. The number of rotatable bonds is 10. The third kappa shape index (κ3) is 9.02. The molecule has 1 aromatic carbocycles. The van der Waals surface area contributed by atoms with Gasteiger partial charge in [-0.2, -0.15) is 0 Å². The first kappa shape index (κ1) is 24.8. The molecule has 7 heteroatoms. The molecule has 1 N–H and O–H groups in total. The molecule has 29 heavy (non-hydrogen) atoms. The number of likely N-dealkylation sites (tertiary alicyclic amines) is 1. The Kier molecular flexibility index (Phi) is 12.4. The molecular formula is C22H36IN3O2S. The summed E-state index contributed by atoms with van der Waals surface area (Å²) in [7, 11) is 0. The Morgan fingerprint density at radius 3 is 2.93 bits per heavy atom. The van der Waals surface area contributed by atoms with Crippen LogP contribution in [0, 0.1) is 5.92 Å². The van der Waals surface area contributed by atoms with Gasteiger partial charge in [0.2, 0.25) is 0 Å². The second kappa shape index (κ2) is 14.5. The van der Waals surface area contributed by atoms with Crippen molar-refractivity contribution in [2.24, 2.45) is 10.9 Å². The molecule has 0 radical (unpaired) electrons. The fourth-order valence-corrected chi connectivity index (χ4v) is 4.71.